The zero-order chi connectivity index (χ0) is 22.5. The van der Waals surface area contributed by atoms with Crippen molar-refractivity contribution in [3.8, 4) is 11.3 Å². The summed E-state index contributed by atoms with van der Waals surface area (Å²) in [5.41, 5.74) is 8.63. The van der Waals surface area contributed by atoms with Gasteiger partial charge in [-0.05, 0) is 36.6 Å². The number of hydrogen-bond donors (Lipinski definition) is 0. The van der Waals surface area contributed by atoms with E-state index in [0.717, 1.165) is 34.7 Å². The van der Waals surface area contributed by atoms with Gasteiger partial charge in [-0.1, -0.05) is 74.0 Å². The highest BCUT2D eigenvalue weighted by atomic mass is 16.2. The third-order valence-corrected chi connectivity index (χ3v) is 6.56. The maximum atomic E-state index is 13.6. The number of rotatable bonds is 3. The maximum Gasteiger partial charge on any atom is 0.228 e. The molecule has 5 rings (SSSR count). The fourth-order valence-electron chi connectivity index (χ4n) is 4.88. The zero-order valence-electron chi connectivity index (χ0n) is 19.2. The van der Waals surface area contributed by atoms with Crippen LogP contribution in [0.25, 0.3) is 16.9 Å². The Kier molecular flexibility index (Phi) is 4.89. The molecule has 0 saturated heterocycles. The second-order valence-electron chi connectivity index (χ2n) is 9.68. The van der Waals surface area contributed by atoms with Gasteiger partial charge in [0.05, 0.1) is 17.8 Å². The van der Waals surface area contributed by atoms with Crippen molar-refractivity contribution in [3.63, 3.8) is 0 Å². The van der Waals surface area contributed by atoms with Crippen molar-refractivity contribution in [1.82, 2.24) is 14.3 Å². The van der Waals surface area contributed by atoms with Gasteiger partial charge < -0.3 is 9.30 Å². The average Bonchev–Trinajstić information content (AvgIpc) is 3.11. The van der Waals surface area contributed by atoms with Crippen LogP contribution in [-0.2, 0) is 23.2 Å². The highest BCUT2D eigenvalue weighted by Crippen LogP contribution is 2.34. The lowest BCUT2D eigenvalue weighted by molar-refractivity contribution is -0.132. The van der Waals surface area contributed by atoms with Crippen LogP contribution < -0.4 is 0 Å². The van der Waals surface area contributed by atoms with Crippen LogP contribution >= 0.6 is 0 Å². The number of carbonyl (C=O) groups excluding carboxylic acids is 1. The Morgan fingerprint density at radius 3 is 2.47 bits per heavy atom. The van der Waals surface area contributed by atoms with Crippen LogP contribution in [0.5, 0.6) is 0 Å². The topological polar surface area (TPSA) is 37.6 Å². The minimum Gasteiger partial charge on any atom is -0.337 e. The van der Waals surface area contributed by atoms with Gasteiger partial charge in [-0.2, -0.15) is 0 Å². The van der Waals surface area contributed by atoms with Crippen molar-refractivity contribution in [1.29, 1.82) is 0 Å². The number of carbonyl (C=O) groups is 1. The normalized spacial score (nSPS) is 15.1. The largest absolute Gasteiger partial charge is 0.337 e. The van der Waals surface area contributed by atoms with E-state index in [9.17, 15) is 4.79 Å². The molecule has 0 unspecified atom stereocenters. The molecule has 4 aromatic rings. The molecule has 2 aromatic carbocycles. The predicted molar refractivity (Wildman–Crippen MR) is 129 cm³/mol. The number of nitrogens with zero attached hydrogens (tertiary/aromatic N) is 3. The van der Waals surface area contributed by atoms with Crippen LogP contribution in [-0.4, -0.2) is 26.7 Å². The Morgan fingerprint density at radius 1 is 0.969 bits per heavy atom. The first-order valence-corrected chi connectivity index (χ1v) is 11.2. The van der Waals surface area contributed by atoms with Crippen LogP contribution in [0.1, 0.15) is 41.8 Å². The van der Waals surface area contributed by atoms with Crippen molar-refractivity contribution in [3.05, 3.63) is 94.8 Å². The summed E-state index contributed by atoms with van der Waals surface area (Å²) in [5.74, 6) is 0.143. The molecule has 0 atom stereocenters. The minimum atomic E-state index is -0.0691. The summed E-state index contributed by atoms with van der Waals surface area (Å²) in [6.07, 6.45) is 2.41. The van der Waals surface area contributed by atoms with E-state index in [1.807, 2.05) is 11.0 Å². The number of pyridine rings is 1. The lowest BCUT2D eigenvalue weighted by Gasteiger charge is -2.40. The van der Waals surface area contributed by atoms with Crippen LogP contribution in [0.2, 0.25) is 0 Å². The third-order valence-electron chi connectivity index (χ3n) is 6.56. The monoisotopic (exact) mass is 423 g/mol. The van der Waals surface area contributed by atoms with Crippen molar-refractivity contribution < 1.29 is 4.79 Å². The van der Waals surface area contributed by atoms with Gasteiger partial charge in [0, 0.05) is 30.3 Å². The van der Waals surface area contributed by atoms with Gasteiger partial charge in [0.25, 0.3) is 0 Å². The van der Waals surface area contributed by atoms with Gasteiger partial charge in [0.1, 0.15) is 5.65 Å². The Balaban J connectivity index is 1.54. The lowest BCUT2D eigenvalue weighted by atomic mass is 9.78. The van der Waals surface area contributed by atoms with Crippen LogP contribution in [0.4, 0.5) is 0 Å². The van der Waals surface area contributed by atoms with Crippen molar-refractivity contribution >= 4 is 11.6 Å². The molecule has 0 aliphatic carbocycles. The Labute approximate surface area is 189 Å². The number of hydrogen-bond acceptors (Lipinski definition) is 2. The first kappa shape index (κ1) is 20.5. The highest BCUT2D eigenvalue weighted by molar-refractivity contribution is 5.82. The van der Waals surface area contributed by atoms with E-state index in [-0.39, 0.29) is 11.3 Å². The van der Waals surface area contributed by atoms with Crippen LogP contribution in [0.3, 0.4) is 0 Å². The van der Waals surface area contributed by atoms with Gasteiger partial charge in [-0.25, -0.2) is 4.98 Å². The molecule has 32 heavy (non-hydrogen) atoms. The summed E-state index contributed by atoms with van der Waals surface area (Å²) in [5, 5.41) is 0. The summed E-state index contributed by atoms with van der Waals surface area (Å²) < 4.78 is 2.09. The van der Waals surface area contributed by atoms with Crippen molar-refractivity contribution in [2.45, 2.75) is 46.1 Å². The second kappa shape index (κ2) is 7.63. The van der Waals surface area contributed by atoms with Gasteiger partial charge in [0.15, 0.2) is 0 Å². The number of imidazole rings is 1. The molecule has 4 heteroatoms. The summed E-state index contributed by atoms with van der Waals surface area (Å²) in [6.45, 7) is 9.98. The van der Waals surface area contributed by atoms with Crippen molar-refractivity contribution in [2.75, 3.05) is 6.54 Å². The molecular weight excluding hydrogens is 394 g/mol. The maximum absolute atomic E-state index is 13.6. The van der Waals surface area contributed by atoms with Gasteiger partial charge in [-0.15, -0.1) is 0 Å². The van der Waals surface area contributed by atoms with E-state index in [0.29, 0.717) is 13.0 Å². The first-order valence-electron chi connectivity index (χ1n) is 11.2. The van der Waals surface area contributed by atoms with Crippen molar-refractivity contribution in [2.24, 2.45) is 0 Å². The molecule has 1 aliphatic rings. The first-order chi connectivity index (χ1) is 15.3. The number of aryl methyl sites for hydroxylation is 2. The number of amides is 1. The van der Waals surface area contributed by atoms with E-state index in [1.54, 1.807) is 0 Å². The summed E-state index contributed by atoms with van der Waals surface area (Å²) in [4.78, 5) is 20.5. The molecule has 0 fully saturated rings. The zero-order valence-corrected chi connectivity index (χ0v) is 19.2. The van der Waals surface area contributed by atoms with E-state index < -0.39 is 0 Å². The van der Waals surface area contributed by atoms with Gasteiger partial charge in [-0.3, -0.25) is 4.79 Å². The Hall–Kier alpha value is -3.40. The molecule has 2 aromatic heterocycles. The average molecular weight is 424 g/mol. The molecule has 3 heterocycles. The molecule has 4 nitrogen and oxygen atoms in total. The Bertz CT molecular complexity index is 1310. The molecule has 0 bridgehead atoms. The third kappa shape index (κ3) is 3.60. The molecule has 162 valence electrons. The van der Waals surface area contributed by atoms with Crippen LogP contribution in [0, 0.1) is 13.8 Å². The quantitative estimate of drug-likeness (QED) is 0.438. The van der Waals surface area contributed by atoms with E-state index in [1.165, 1.54) is 16.7 Å². The number of aromatic nitrogens is 2. The molecule has 1 aliphatic heterocycles. The molecule has 0 saturated carbocycles. The summed E-state index contributed by atoms with van der Waals surface area (Å²) >= 11 is 0. The predicted octanol–water partition coefficient (Wildman–Crippen LogP) is 5.48. The fraction of sp³-hybridized carbons (Fsp3) is 0.286. The van der Waals surface area contributed by atoms with Crippen LogP contribution in [0.15, 0.2) is 66.9 Å². The Morgan fingerprint density at radius 2 is 1.69 bits per heavy atom. The van der Waals surface area contributed by atoms with E-state index in [4.69, 9.17) is 4.98 Å². The van der Waals surface area contributed by atoms with E-state index >= 15 is 0 Å². The second-order valence-corrected chi connectivity index (χ2v) is 9.68. The van der Waals surface area contributed by atoms with Gasteiger partial charge >= 0.3 is 0 Å². The smallest absolute Gasteiger partial charge is 0.228 e. The summed E-state index contributed by atoms with van der Waals surface area (Å²) in [7, 11) is 0. The summed E-state index contributed by atoms with van der Waals surface area (Å²) in [6, 6.07) is 21.0. The SMILES string of the molecule is Cc1ccc(-c2nc3ccc(C)cn3c2CC(=O)N2Cc3ccccc3C(C)(C)C2)cc1. The minimum absolute atomic E-state index is 0.0691. The fourth-order valence-corrected chi connectivity index (χ4v) is 4.88. The molecule has 0 N–H and O–H groups in total. The number of fused-ring (bicyclic) bond motifs is 2. The standard InChI is InChI=1S/C28H29N3O/c1-19-9-12-21(13-10-19)27-24(31-16-20(2)11-14-25(31)29-27)15-26(32)30-17-22-7-5-6-8-23(22)28(3,4)18-30/h5-14,16H,15,17-18H2,1-4H3. The molecule has 0 spiro atoms. The lowest BCUT2D eigenvalue weighted by Crippen LogP contribution is -2.45. The molecule has 0 radical (unpaired) electrons. The molecular formula is C28H29N3O. The van der Waals surface area contributed by atoms with Gasteiger partial charge in [0.2, 0.25) is 5.91 Å². The molecule has 1 amide bonds. The highest BCUT2D eigenvalue weighted by Gasteiger charge is 2.34. The van der Waals surface area contributed by atoms with E-state index in [2.05, 4.69) is 92.9 Å². The number of benzene rings is 2.